The topological polar surface area (TPSA) is 47.6 Å². The standard InChI is InChI=1S/C27H31NO3/c1-3-30-25-18-16-23(20-26(25)31-4-2)24(17-15-21-11-7-5-8-12-21)28-27(29)19-22-13-9-6-10-14-22/h5-14,16,18,20,24H,3-4,15,17,19H2,1-2H3,(H,28,29). The lowest BCUT2D eigenvalue weighted by molar-refractivity contribution is -0.121. The monoisotopic (exact) mass is 417 g/mol. The Morgan fingerprint density at radius 1 is 0.806 bits per heavy atom. The summed E-state index contributed by atoms with van der Waals surface area (Å²) in [4.78, 5) is 12.8. The molecule has 0 heterocycles. The maximum Gasteiger partial charge on any atom is 0.224 e. The van der Waals surface area contributed by atoms with Crippen molar-refractivity contribution in [1.82, 2.24) is 5.32 Å². The lowest BCUT2D eigenvalue weighted by Crippen LogP contribution is -2.30. The molecule has 4 nitrogen and oxygen atoms in total. The van der Waals surface area contributed by atoms with Crippen molar-refractivity contribution in [2.45, 2.75) is 39.2 Å². The van der Waals surface area contributed by atoms with Crippen LogP contribution in [0.1, 0.15) is 43.0 Å². The molecule has 0 saturated heterocycles. The number of nitrogens with one attached hydrogen (secondary N) is 1. The Kier molecular flexibility index (Phi) is 8.53. The van der Waals surface area contributed by atoms with E-state index in [1.807, 2.05) is 80.6 Å². The van der Waals surface area contributed by atoms with Gasteiger partial charge in [-0.2, -0.15) is 0 Å². The predicted octanol–water partition coefficient (Wildman–Crippen LogP) is 5.52. The predicted molar refractivity (Wildman–Crippen MR) is 125 cm³/mol. The van der Waals surface area contributed by atoms with Gasteiger partial charge in [0.15, 0.2) is 11.5 Å². The zero-order chi connectivity index (χ0) is 21.9. The highest BCUT2D eigenvalue weighted by Crippen LogP contribution is 2.32. The average Bonchev–Trinajstić information content (AvgIpc) is 2.79. The largest absolute Gasteiger partial charge is 0.490 e. The molecule has 0 spiro atoms. The van der Waals surface area contributed by atoms with E-state index in [0.717, 1.165) is 29.7 Å². The molecule has 3 aromatic carbocycles. The molecule has 1 N–H and O–H groups in total. The van der Waals surface area contributed by atoms with E-state index in [2.05, 4.69) is 17.4 Å². The summed E-state index contributed by atoms with van der Waals surface area (Å²) in [7, 11) is 0. The zero-order valence-corrected chi connectivity index (χ0v) is 18.3. The molecule has 0 radical (unpaired) electrons. The number of ether oxygens (including phenoxy) is 2. The Balaban J connectivity index is 1.80. The molecule has 1 unspecified atom stereocenters. The third-order valence-electron chi connectivity index (χ3n) is 5.08. The summed E-state index contributed by atoms with van der Waals surface area (Å²) in [6, 6.07) is 26.0. The highest BCUT2D eigenvalue weighted by atomic mass is 16.5. The van der Waals surface area contributed by atoms with Crippen LogP contribution in [-0.4, -0.2) is 19.1 Å². The van der Waals surface area contributed by atoms with Crippen LogP contribution < -0.4 is 14.8 Å². The van der Waals surface area contributed by atoms with Crippen molar-refractivity contribution in [2.24, 2.45) is 0 Å². The maximum absolute atomic E-state index is 12.8. The fourth-order valence-electron chi connectivity index (χ4n) is 3.59. The highest BCUT2D eigenvalue weighted by molar-refractivity contribution is 5.79. The summed E-state index contributed by atoms with van der Waals surface area (Å²) in [6.45, 7) is 5.04. The molecule has 0 aromatic heterocycles. The van der Waals surface area contributed by atoms with E-state index in [1.54, 1.807) is 0 Å². The summed E-state index contributed by atoms with van der Waals surface area (Å²) in [5.74, 6) is 1.45. The van der Waals surface area contributed by atoms with Gasteiger partial charge in [0.2, 0.25) is 5.91 Å². The molecule has 1 amide bonds. The Bertz CT molecular complexity index is 941. The molecule has 3 aromatic rings. The summed E-state index contributed by atoms with van der Waals surface area (Å²) in [5, 5.41) is 3.24. The SMILES string of the molecule is CCOc1ccc(C(CCc2ccccc2)NC(=O)Cc2ccccc2)cc1OCC. The number of amides is 1. The van der Waals surface area contributed by atoms with Crippen LogP contribution in [0.25, 0.3) is 0 Å². The number of rotatable bonds is 11. The summed E-state index contributed by atoms with van der Waals surface area (Å²) in [6.07, 6.45) is 2.02. The average molecular weight is 418 g/mol. The Labute approximate surface area is 185 Å². The van der Waals surface area contributed by atoms with E-state index in [-0.39, 0.29) is 11.9 Å². The van der Waals surface area contributed by atoms with Crippen molar-refractivity contribution in [1.29, 1.82) is 0 Å². The maximum atomic E-state index is 12.8. The first-order valence-electron chi connectivity index (χ1n) is 11.0. The summed E-state index contributed by atoms with van der Waals surface area (Å²) >= 11 is 0. The number of benzene rings is 3. The van der Waals surface area contributed by atoms with Gasteiger partial charge in [-0.15, -0.1) is 0 Å². The second kappa shape index (κ2) is 11.8. The second-order valence-electron chi connectivity index (χ2n) is 7.38. The van der Waals surface area contributed by atoms with Crippen molar-refractivity contribution in [3.8, 4) is 11.5 Å². The number of hydrogen-bond acceptors (Lipinski definition) is 3. The van der Waals surface area contributed by atoms with Gasteiger partial charge in [0.25, 0.3) is 0 Å². The lowest BCUT2D eigenvalue weighted by atomic mass is 9.98. The van der Waals surface area contributed by atoms with Crippen molar-refractivity contribution in [3.05, 3.63) is 95.6 Å². The first kappa shape index (κ1) is 22.4. The van der Waals surface area contributed by atoms with E-state index in [9.17, 15) is 4.79 Å². The molecule has 0 aliphatic heterocycles. The van der Waals surface area contributed by atoms with Crippen molar-refractivity contribution in [2.75, 3.05) is 13.2 Å². The smallest absolute Gasteiger partial charge is 0.224 e. The third kappa shape index (κ3) is 6.88. The number of carbonyl (C=O) groups excluding carboxylic acids is 1. The molecule has 3 rings (SSSR count). The van der Waals surface area contributed by atoms with Gasteiger partial charge in [-0.25, -0.2) is 0 Å². The zero-order valence-electron chi connectivity index (χ0n) is 18.3. The number of hydrogen-bond donors (Lipinski definition) is 1. The van der Waals surface area contributed by atoms with Gasteiger partial charge in [-0.05, 0) is 55.5 Å². The molecular weight excluding hydrogens is 386 g/mol. The van der Waals surface area contributed by atoms with Crippen LogP contribution in [0.2, 0.25) is 0 Å². The molecule has 1 atom stereocenters. The highest BCUT2D eigenvalue weighted by Gasteiger charge is 2.18. The van der Waals surface area contributed by atoms with E-state index in [4.69, 9.17) is 9.47 Å². The quantitative estimate of drug-likeness (QED) is 0.447. The molecule has 0 aliphatic rings. The van der Waals surface area contributed by atoms with Crippen LogP contribution in [0, 0.1) is 0 Å². The molecule has 0 saturated carbocycles. The molecule has 0 fully saturated rings. The van der Waals surface area contributed by atoms with E-state index >= 15 is 0 Å². The van der Waals surface area contributed by atoms with Crippen LogP contribution in [0.4, 0.5) is 0 Å². The first-order valence-corrected chi connectivity index (χ1v) is 11.0. The summed E-state index contributed by atoms with van der Waals surface area (Å²) in [5.41, 5.74) is 3.27. The van der Waals surface area contributed by atoms with Crippen LogP contribution in [0.15, 0.2) is 78.9 Å². The Morgan fingerprint density at radius 3 is 2.06 bits per heavy atom. The minimum Gasteiger partial charge on any atom is -0.490 e. The second-order valence-corrected chi connectivity index (χ2v) is 7.38. The van der Waals surface area contributed by atoms with Gasteiger partial charge >= 0.3 is 0 Å². The molecule has 31 heavy (non-hydrogen) atoms. The fraction of sp³-hybridized carbons (Fsp3) is 0.296. The molecule has 0 bridgehead atoms. The Hall–Kier alpha value is -3.27. The Morgan fingerprint density at radius 2 is 1.42 bits per heavy atom. The van der Waals surface area contributed by atoms with Gasteiger partial charge in [-0.3, -0.25) is 4.79 Å². The third-order valence-corrected chi connectivity index (χ3v) is 5.08. The van der Waals surface area contributed by atoms with Gasteiger partial charge < -0.3 is 14.8 Å². The van der Waals surface area contributed by atoms with E-state index < -0.39 is 0 Å². The molecule has 162 valence electrons. The minimum absolute atomic E-state index is 0.0103. The van der Waals surface area contributed by atoms with Gasteiger partial charge in [0.05, 0.1) is 25.7 Å². The van der Waals surface area contributed by atoms with Crippen molar-refractivity contribution < 1.29 is 14.3 Å². The molecular formula is C27H31NO3. The van der Waals surface area contributed by atoms with Crippen LogP contribution >= 0.6 is 0 Å². The molecule has 4 heteroatoms. The van der Waals surface area contributed by atoms with Crippen LogP contribution in [0.3, 0.4) is 0 Å². The number of carbonyl (C=O) groups is 1. The van der Waals surface area contributed by atoms with Gasteiger partial charge in [0, 0.05) is 0 Å². The fourth-order valence-corrected chi connectivity index (χ4v) is 3.59. The molecule has 0 aliphatic carbocycles. The first-order chi connectivity index (χ1) is 15.2. The summed E-state index contributed by atoms with van der Waals surface area (Å²) < 4.78 is 11.5. The van der Waals surface area contributed by atoms with E-state index in [0.29, 0.717) is 25.4 Å². The van der Waals surface area contributed by atoms with Crippen molar-refractivity contribution in [3.63, 3.8) is 0 Å². The normalized spacial score (nSPS) is 11.5. The minimum atomic E-state index is -0.119. The van der Waals surface area contributed by atoms with Crippen LogP contribution in [-0.2, 0) is 17.6 Å². The van der Waals surface area contributed by atoms with Crippen molar-refractivity contribution >= 4 is 5.91 Å². The van der Waals surface area contributed by atoms with E-state index in [1.165, 1.54) is 5.56 Å². The number of aryl methyl sites for hydroxylation is 1. The lowest BCUT2D eigenvalue weighted by Gasteiger charge is -2.21. The van der Waals surface area contributed by atoms with Gasteiger partial charge in [-0.1, -0.05) is 66.7 Å². The van der Waals surface area contributed by atoms with Crippen LogP contribution in [0.5, 0.6) is 11.5 Å². The van der Waals surface area contributed by atoms with Gasteiger partial charge in [0.1, 0.15) is 0 Å².